The number of halogens is 1. The van der Waals surface area contributed by atoms with Gasteiger partial charge in [0.25, 0.3) is 0 Å². The smallest absolute Gasteiger partial charge is 0.137 e. The van der Waals surface area contributed by atoms with Gasteiger partial charge in [0.15, 0.2) is 0 Å². The van der Waals surface area contributed by atoms with E-state index in [0.29, 0.717) is 0 Å². The van der Waals surface area contributed by atoms with Crippen molar-refractivity contribution in [3.8, 4) is 0 Å². The zero-order valence-corrected chi connectivity index (χ0v) is 9.28. The lowest BCUT2D eigenvalue weighted by Gasteiger charge is -2.03. The Hall–Kier alpha value is -1.35. The van der Waals surface area contributed by atoms with Gasteiger partial charge in [0.2, 0.25) is 0 Å². The Morgan fingerprint density at radius 2 is 2.00 bits per heavy atom. The molecule has 0 amide bonds. The summed E-state index contributed by atoms with van der Waals surface area (Å²) in [5.74, 6) is 0.986. The van der Waals surface area contributed by atoms with Gasteiger partial charge < -0.3 is 4.57 Å². The molecule has 0 aliphatic rings. The Kier molecular flexibility index (Phi) is 3.02. The maximum Gasteiger partial charge on any atom is 0.137 e. The standard InChI is InChI=1S/C11H12ClN3/c1-2-15-8-13-14-11(15)7-9-3-5-10(12)6-4-9/h3-6,8H,2,7H2,1H3. The average molecular weight is 222 g/mol. The molecule has 0 bridgehead atoms. The zero-order valence-electron chi connectivity index (χ0n) is 8.52. The molecule has 1 heterocycles. The molecule has 1 aromatic carbocycles. The minimum absolute atomic E-state index is 0.760. The monoisotopic (exact) mass is 221 g/mol. The summed E-state index contributed by atoms with van der Waals surface area (Å²) in [4.78, 5) is 0. The lowest BCUT2D eigenvalue weighted by molar-refractivity contribution is 0.712. The fourth-order valence-electron chi connectivity index (χ4n) is 1.46. The van der Waals surface area contributed by atoms with Crippen LogP contribution in [0.3, 0.4) is 0 Å². The van der Waals surface area contributed by atoms with Crippen LogP contribution < -0.4 is 0 Å². The maximum absolute atomic E-state index is 5.82. The highest BCUT2D eigenvalue weighted by Crippen LogP contribution is 2.12. The van der Waals surface area contributed by atoms with E-state index in [0.717, 1.165) is 23.8 Å². The highest BCUT2D eigenvalue weighted by Gasteiger charge is 2.03. The van der Waals surface area contributed by atoms with Crippen molar-refractivity contribution in [2.24, 2.45) is 0 Å². The van der Waals surface area contributed by atoms with E-state index in [1.807, 2.05) is 28.8 Å². The van der Waals surface area contributed by atoms with Crippen molar-refractivity contribution in [3.05, 3.63) is 47.0 Å². The summed E-state index contributed by atoms with van der Waals surface area (Å²) in [6.45, 7) is 2.98. The summed E-state index contributed by atoms with van der Waals surface area (Å²) in [5, 5.41) is 8.74. The van der Waals surface area contributed by atoms with Gasteiger partial charge in [0, 0.05) is 18.0 Å². The molecule has 0 saturated heterocycles. The van der Waals surface area contributed by atoms with Gasteiger partial charge in [0.1, 0.15) is 12.2 Å². The summed E-state index contributed by atoms with van der Waals surface area (Å²) in [7, 11) is 0. The Labute approximate surface area is 93.7 Å². The normalized spacial score (nSPS) is 10.5. The van der Waals surface area contributed by atoms with Gasteiger partial charge in [-0.25, -0.2) is 0 Å². The van der Waals surface area contributed by atoms with Crippen LogP contribution in [0.5, 0.6) is 0 Å². The van der Waals surface area contributed by atoms with Crippen LogP contribution in [0.4, 0.5) is 0 Å². The van der Waals surface area contributed by atoms with E-state index in [-0.39, 0.29) is 0 Å². The van der Waals surface area contributed by atoms with E-state index >= 15 is 0 Å². The summed E-state index contributed by atoms with van der Waals surface area (Å²) in [5.41, 5.74) is 1.20. The second kappa shape index (κ2) is 4.45. The maximum atomic E-state index is 5.82. The first-order valence-corrected chi connectivity index (χ1v) is 5.28. The molecule has 1 aromatic heterocycles. The van der Waals surface area contributed by atoms with Crippen molar-refractivity contribution in [1.29, 1.82) is 0 Å². The predicted octanol–water partition coefficient (Wildman–Crippen LogP) is 2.54. The summed E-state index contributed by atoms with van der Waals surface area (Å²) < 4.78 is 2.04. The number of rotatable bonds is 3. The minimum atomic E-state index is 0.760. The predicted molar refractivity (Wildman–Crippen MR) is 60.0 cm³/mol. The third kappa shape index (κ3) is 2.36. The van der Waals surface area contributed by atoms with Crippen LogP contribution in [-0.4, -0.2) is 14.8 Å². The van der Waals surface area contributed by atoms with Gasteiger partial charge in [-0.1, -0.05) is 23.7 Å². The molecule has 78 valence electrons. The van der Waals surface area contributed by atoms with Crippen LogP contribution in [-0.2, 0) is 13.0 Å². The number of aromatic nitrogens is 3. The van der Waals surface area contributed by atoms with Crippen LogP contribution in [0.2, 0.25) is 5.02 Å². The molecule has 0 N–H and O–H groups in total. The molecule has 0 fully saturated rings. The van der Waals surface area contributed by atoms with Crippen LogP contribution in [0.1, 0.15) is 18.3 Å². The lowest BCUT2D eigenvalue weighted by atomic mass is 10.1. The van der Waals surface area contributed by atoms with Gasteiger partial charge in [-0.15, -0.1) is 10.2 Å². The van der Waals surface area contributed by atoms with Crippen molar-refractivity contribution >= 4 is 11.6 Å². The molecule has 2 aromatic rings. The molecule has 0 saturated carbocycles. The fourth-order valence-corrected chi connectivity index (χ4v) is 1.59. The van der Waals surface area contributed by atoms with Gasteiger partial charge >= 0.3 is 0 Å². The largest absolute Gasteiger partial charge is 0.318 e. The molecule has 0 radical (unpaired) electrons. The van der Waals surface area contributed by atoms with Crippen LogP contribution in [0, 0.1) is 0 Å². The number of aryl methyl sites for hydroxylation is 1. The quantitative estimate of drug-likeness (QED) is 0.798. The first-order valence-electron chi connectivity index (χ1n) is 4.90. The Bertz CT molecular complexity index is 433. The van der Waals surface area contributed by atoms with Gasteiger partial charge in [-0.2, -0.15) is 0 Å². The second-order valence-electron chi connectivity index (χ2n) is 3.34. The first kappa shape index (κ1) is 10.2. The number of hydrogen-bond acceptors (Lipinski definition) is 2. The van der Waals surface area contributed by atoms with E-state index in [2.05, 4.69) is 17.1 Å². The molecule has 2 rings (SSSR count). The minimum Gasteiger partial charge on any atom is -0.318 e. The average Bonchev–Trinajstić information content (AvgIpc) is 2.69. The van der Waals surface area contributed by atoms with E-state index in [1.54, 1.807) is 6.33 Å². The number of benzene rings is 1. The fraction of sp³-hybridized carbons (Fsp3) is 0.273. The Morgan fingerprint density at radius 3 is 2.67 bits per heavy atom. The molecule has 3 nitrogen and oxygen atoms in total. The Morgan fingerprint density at radius 1 is 1.27 bits per heavy atom. The third-order valence-electron chi connectivity index (χ3n) is 2.31. The highest BCUT2D eigenvalue weighted by molar-refractivity contribution is 6.30. The molecule has 0 unspecified atom stereocenters. The van der Waals surface area contributed by atoms with Crippen LogP contribution in [0.15, 0.2) is 30.6 Å². The number of nitrogens with zero attached hydrogens (tertiary/aromatic N) is 3. The molecule has 4 heteroatoms. The van der Waals surface area contributed by atoms with E-state index in [9.17, 15) is 0 Å². The SMILES string of the molecule is CCn1cnnc1Cc1ccc(Cl)cc1. The zero-order chi connectivity index (χ0) is 10.7. The Balaban J connectivity index is 2.18. The van der Waals surface area contributed by atoms with E-state index in [4.69, 9.17) is 11.6 Å². The first-order chi connectivity index (χ1) is 7.29. The van der Waals surface area contributed by atoms with Gasteiger partial charge in [0.05, 0.1) is 0 Å². The van der Waals surface area contributed by atoms with Crippen molar-refractivity contribution in [2.45, 2.75) is 19.9 Å². The lowest BCUT2D eigenvalue weighted by Crippen LogP contribution is -2.01. The molecular weight excluding hydrogens is 210 g/mol. The van der Waals surface area contributed by atoms with Crippen molar-refractivity contribution in [3.63, 3.8) is 0 Å². The molecule has 0 atom stereocenters. The van der Waals surface area contributed by atoms with Crippen molar-refractivity contribution < 1.29 is 0 Å². The van der Waals surface area contributed by atoms with Crippen LogP contribution in [0.25, 0.3) is 0 Å². The topological polar surface area (TPSA) is 30.7 Å². The van der Waals surface area contributed by atoms with E-state index in [1.165, 1.54) is 5.56 Å². The third-order valence-corrected chi connectivity index (χ3v) is 2.56. The summed E-state index contributed by atoms with van der Waals surface area (Å²) >= 11 is 5.82. The van der Waals surface area contributed by atoms with Crippen molar-refractivity contribution in [2.75, 3.05) is 0 Å². The molecule has 0 aliphatic carbocycles. The summed E-state index contributed by atoms with van der Waals surface area (Å²) in [6, 6.07) is 7.81. The van der Waals surface area contributed by atoms with Crippen LogP contribution >= 0.6 is 11.6 Å². The van der Waals surface area contributed by atoms with Gasteiger partial charge in [-0.05, 0) is 24.6 Å². The van der Waals surface area contributed by atoms with E-state index < -0.39 is 0 Å². The molecule has 15 heavy (non-hydrogen) atoms. The van der Waals surface area contributed by atoms with Crippen molar-refractivity contribution in [1.82, 2.24) is 14.8 Å². The second-order valence-corrected chi connectivity index (χ2v) is 3.77. The molecule has 0 aliphatic heterocycles. The van der Waals surface area contributed by atoms with Gasteiger partial charge in [-0.3, -0.25) is 0 Å². The molecule has 0 spiro atoms. The molecular formula is C11H12ClN3. The summed E-state index contributed by atoms with van der Waals surface area (Å²) in [6.07, 6.45) is 2.55. The number of hydrogen-bond donors (Lipinski definition) is 0. The highest BCUT2D eigenvalue weighted by atomic mass is 35.5.